The van der Waals surface area contributed by atoms with Gasteiger partial charge in [0.1, 0.15) is 5.76 Å². The number of carboxylic acids is 1. The molecule has 9 heteroatoms. The van der Waals surface area contributed by atoms with Crippen LogP contribution in [0.15, 0.2) is 9.32 Å². The topological polar surface area (TPSA) is 139 Å². The quantitative estimate of drug-likeness (QED) is 0.625. The van der Waals surface area contributed by atoms with Gasteiger partial charge in [-0.1, -0.05) is 5.16 Å². The average Bonchev–Trinajstić information content (AvgIpc) is 2.75. The maximum atomic E-state index is 12.0. The summed E-state index contributed by atoms with van der Waals surface area (Å²) in [5, 5.41) is 34.3. The zero-order chi connectivity index (χ0) is 14.2. The molecule has 0 aliphatic heterocycles. The molecule has 2 rings (SSSR count). The van der Waals surface area contributed by atoms with E-state index >= 15 is 0 Å². The van der Waals surface area contributed by atoms with Crippen LogP contribution in [0.25, 0.3) is 10.9 Å². The number of aliphatic hydroxyl groups is 2. The van der Waals surface area contributed by atoms with E-state index in [1.165, 1.54) is 6.92 Å². The Bertz CT molecular complexity index is 688. The van der Waals surface area contributed by atoms with Gasteiger partial charge in [-0.25, -0.2) is 9.48 Å². The standard InChI is InChI=1S/C10H11N3O6/c1-4-6-7(12-19-4)9(16)13(2-5(15)3-14)11-8(6)10(17)18/h5,14-15H,2-3H2,1H3,(H,17,18). The third-order valence-electron chi connectivity index (χ3n) is 2.55. The van der Waals surface area contributed by atoms with E-state index in [4.69, 9.17) is 14.7 Å². The number of aromatic nitrogens is 3. The van der Waals surface area contributed by atoms with Crippen LogP contribution in [0.5, 0.6) is 0 Å². The van der Waals surface area contributed by atoms with Crippen LogP contribution in [0, 0.1) is 6.92 Å². The second-order valence-electron chi connectivity index (χ2n) is 3.94. The molecule has 2 heterocycles. The van der Waals surface area contributed by atoms with Crippen molar-refractivity contribution >= 4 is 16.9 Å². The molecular formula is C10H11N3O6. The van der Waals surface area contributed by atoms with Gasteiger partial charge in [-0.05, 0) is 6.92 Å². The Labute approximate surface area is 105 Å². The Morgan fingerprint density at radius 3 is 2.79 bits per heavy atom. The summed E-state index contributed by atoms with van der Waals surface area (Å²) in [6.45, 7) is 0.555. The van der Waals surface area contributed by atoms with Crippen LogP contribution in [-0.4, -0.2) is 48.9 Å². The van der Waals surface area contributed by atoms with Gasteiger partial charge in [0.2, 0.25) is 0 Å². The predicted octanol–water partition coefficient (Wildman–Crippen LogP) is -1.26. The predicted molar refractivity (Wildman–Crippen MR) is 60.9 cm³/mol. The Kier molecular flexibility index (Phi) is 3.32. The lowest BCUT2D eigenvalue weighted by Gasteiger charge is -2.09. The first-order chi connectivity index (χ1) is 8.95. The van der Waals surface area contributed by atoms with Crippen LogP contribution in [0.4, 0.5) is 0 Å². The first-order valence-electron chi connectivity index (χ1n) is 5.35. The van der Waals surface area contributed by atoms with E-state index in [-0.39, 0.29) is 23.2 Å². The second-order valence-corrected chi connectivity index (χ2v) is 3.94. The zero-order valence-electron chi connectivity index (χ0n) is 9.90. The third-order valence-corrected chi connectivity index (χ3v) is 2.55. The number of aliphatic hydroxyl groups excluding tert-OH is 2. The van der Waals surface area contributed by atoms with Gasteiger partial charge in [-0.15, -0.1) is 0 Å². The minimum Gasteiger partial charge on any atom is -0.476 e. The molecule has 0 aliphatic carbocycles. The molecule has 2 aromatic heterocycles. The third kappa shape index (κ3) is 2.20. The summed E-state index contributed by atoms with van der Waals surface area (Å²) in [5.41, 5.74) is -1.25. The van der Waals surface area contributed by atoms with E-state index in [0.717, 1.165) is 4.68 Å². The average molecular weight is 269 g/mol. The molecule has 0 aliphatic rings. The van der Waals surface area contributed by atoms with Crippen LogP contribution in [-0.2, 0) is 6.54 Å². The summed E-state index contributed by atoms with van der Waals surface area (Å²) in [4.78, 5) is 23.1. The lowest BCUT2D eigenvalue weighted by Crippen LogP contribution is -2.32. The first kappa shape index (κ1) is 13.2. The molecule has 0 saturated heterocycles. The summed E-state index contributed by atoms with van der Waals surface area (Å²) in [7, 11) is 0. The van der Waals surface area contributed by atoms with Crippen LogP contribution in [0.3, 0.4) is 0 Å². The SMILES string of the molecule is Cc1onc2c(=O)n(CC(O)CO)nc(C(=O)O)c12. The van der Waals surface area contributed by atoms with Crippen molar-refractivity contribution < 1.29 is 24.6 Å². The maximum Gasteiger partial charge on any atom is 0.357 e. The van der Waals surface area contributed by atoms with E-state index in [9.17, 15) is 14.7 Å². The van der Waals surface area contributed by atoms with Gasteiger partial charge < -0.3 is 19.8 Å². The molecule has 1 atom stereocenters. The van der Waals surface area contributed by atoms with Gasteiger partial charge in [-0.2, -0.15) is 5.10 Å². The van der Waals surface area contributed by atoms with E-state index in [0.29, 0.717) is 0 Å². The normalized spacial score (nSPS) is 12.8. The molecule has 0 spiro atoms. The van der Waals surface area contributed by atoms with Gasteiger partial charge in [-0.3, -0.25) is 4.79 Å². The number of hydrogen-bond acceptors (Lipinski definition) is 7. The smallest absolute Gasteiger partial charge is 0.357 e. The molecule has 0 fully saturated rings. The highest BCUT2D eigenvalue weighted by molar-refractivity contribution is 6.00. The summed E-state index contributed by atoms with van der Waals surface area (Å²) in [5.74, 6) is -1.17. The highest BCUT2D eigenvalue weighted by Crippen LogP contribution is 2.17. The Morgan fingerprint density at radius 2 is 2.21 bits per heavy atom. The van der Waals surface area contributed by atoms with Crippen molar-refractivity contribution in [1.29, 1.82) is 0 Å². The lowest BCUT2D eigenvalue weighted by molar-refractivity contribution is 0.0674. The Hall–Kier alpha value is -2.26. The largest absolute Gasteiger partial charge is 0.476 e. The number of fused-ring (bicyclic) bond motifs is 1. The first-order valence-corrected chi connectivity index (χ1v) is 5.35. The van der Waals surface area contributed by atoms with Crippen molar-refractivity contribution in [2.45, 2.75) is 19.6 Å². The lowest BCUT2D eigenvalue weighted by atomic mass is 10.2. The number of aromatic carboxylic acids is 1. The Morgan fingerprint density at radius 1 is 1.53 bits per heavy atom. The van der Waals surface area contributed by atoms with E-state index in [1.54, 1.807) is 0 Å². The molecule has 1 unspecified atom stereocenters. The van der Waals surface area contributed by atoms with Crippen molar-refractivity contribution in [2.75, 3.05) is 6.61 Å². The number of carboxylic acid groups (broad SMARTS) is 1. The fraction of sp³-hybridized carbons (Fsp3) is 0.400. The monoisotopic (exact) mass is 269 g/mol. The van der Waals surface area contributed by atoms with Gasteiger partial charge in [0.15, 0.2) is 11.2 Å². The van der Waals surface area contributed by atoms with E-state index in [2.05, 4.69) is 10.3 Å². The fourth-order valence-corrected chi connectivity index (χ4v) is 1.67. The van der Waals surface area contributed by atoms with E-state index in [1.807, 2.05) is 0 Å². The molecule has 19 heavy (non-hydrogen) atoms. The van der Waals surface area contributed by atoms with Gasteiger partial charge in [0, 0.05) is 0 Å². The van der Waals surface area contributed by atoms with Gasteiger partial charge in [0.25, 0.3) is 5.56 Å². The number of carbonyl (C=O) groups is 1. The number of rotatable bonds is 4. The van der Waals surface area contributed by atoms with Gasteiger partial charge in [0.05, 0.1) is 24.6 Å². The van der Waals surface area contributed by atoms with Crippen LogP contribution in [0.1, 0.15) is 16.2 Å². The summed E-state index contributed by atoms with van der Waals surface area (Å²) in [6.07, 6.45) is -1.22. The summed E-state index contributed by atoms with van der Waals surface area (Å²) in [6, 6.07) is 0. The summed E-state index contributed by atoms with van der Waals surface area (Å²) < 4.78 is 5.54. The number of nitrogens with zero attached hydrogens (tertiary/aromatic N) is 3. The van der Waals surface area contributed by atoms with Crippen molar-refractivity contribution in [3.63, 3.8) is 0 Å². The number of hydrogen-bond donors (Lipinski definition) is 3. The van der Waals surface area contributed by atoms with Crippen LogP contribution in [0.2, 0.25) is 0 Å². The fourth-order valence-electron chi connectivity index (χ4n) is 1.67. The van der Waals surface area contributed by atoms with Crippen LogP contribution < -0.4 is 5.56 Å². The second kappa shape index (κ2) is 4.78. The minimum atomic E-state index is -1.34. The minimum absolute atomic E-state index is 0.0345. The molecule has 0 saturated carbocycles. The molecule has 2 aromatic rings. The molecule has 0 bridgehead atoms. The molecule has 3 N–H and O–H groups in total. The Balaban J connectivity index is 2.71. The maximum absolute atomic E-state index is 12.0. The molecular weight excluding hydrogens is 258 g/mol. The molecule has 0 amide bonds. The van der Waals surface area contributed by atoms with Gasteiger partial charge >= 0.3 is 5.97 Å². The molecule has 9 nitrogen and oxygen atoms in total. The molecule has 102 valence electrons. The van der Waals surface area contributed by atoms with Crippen molar-refractivity contribution in [3.05, 3.63) is 21.8 Å². The van der Waals surface area contributed by atoms with Crippen molar-refractivity contribution in [2.24, 2.45) is 0 Å². The zero-order valence-corrected chi connectivity index (χ0v) is 9.90. The number of aryl methyl sites for hydroxylation is 1. The summed E-state index contributed by atoms with van der Waals surface area (Å²) >= 11 is 0. The molecule has 0 radical (unpaired) electrons. The van der Waals surface area contributed by atoms with Crippen molar-refractivity contribution in [1.82, 2.24) is 14.9 Å². The van der Waals surface area contributed by atoms with E-state index < -0.39 is 29.9 Å². The highest BCUT2D eigenvalue weighted by atomic mass is 16.5. The van der Waals surface area contributed by atoms with Crippen molar-refractivity contribution in [3.8, 4) is 0 Å². The molecule has 0 aromatic carbocycles. The van der Waals surface area contributed by atoms with Crippen LogP contribution >= 0.6 is 0 Å². The highest BCUT2D eigenvalue weighted by Gasteiger charge is 2.22.